The molecule has 0 N–H and O–H groups in total. The first-order valence-electron chi connectivity index (χ1n) is 6.86. The summed E-state index contributed by atoms with van der Waals surface area (Å²) in [4.78, 5) is 0. The molecule has 1 nitrogen and oxygen atoms in total. The lowest BCUT2D eigenvalue weighted by atomic mass is 10.1. The van der Waals surface area contributed by atoms with Crippen LogP contribution in [0.15, 0.2) is 29.6 Å². The Morgan fingerprint density at radius 2 is 1.84 bits per heavy atom. The topological polar surface area (TPSA) is 9.23 Å². The molecular formula is C16H24OSSi. The van der Waals surface area contributed by atoms with Crippen LogP contribution in [0, 0.1) is 0 Å². The van der Waals surface area contributed by atoms with Gasteiger partial charge in [-0.25, -0.2) is 0 Å². The largest absolute Gasteiger partial charge is 0.410 e. The minimum atomic E-state index is -1.71. The van der Waals surface area contributed by atoms with Crippen molar-refractivity contribution < 1.29 is 4.43 Å². The van der Waals surface area contributed by atoms with E-state index in [1.165, 1.54) is 15.6 Å². The van der Waals surface area contributed by atoms with Crippen LogP contribution in [0.3, 0.4) is 0 Å². The lowest BCUT2D eigenvalue weighted by Gasteiger charge is -2.38. The highest BCUT2D eigenvalue weighted by atomic mass is 32.1. The van der Waals surface area contributed by atoms with Crippen LogP contribution >= 0.6 is 11.3 Å². The maximum Gasteiger partial charge on any atom is 0.192 e. The van der Waals surface area contributed by atoms with E-state index in [1.54, 1.807) is 11.3 Å². The third-order valence-corrected chi connectivity index (χ3v) is 9.68. The summed E-state index contributed by atoms with van der Waals surface area (Å²) in [5.74, 6) is 0. The van der Waals surface area contributed by atoms with Gasteiger partial charge in [0.1, 0.15) is 0 Å². The maximum atomic E-state index is 6.51. The van der Waals surface area contributed by atoms with Crippen molar-refractivity contribution in [3.8, 4) is 0 Å². The standard InChI is InChI=1S/C16H24OSSi/c1-12(17-19(5,6)16(2,3)4)13-8-7-9-15-14(13)10-11-18-15/h7-12H,1-6H3/t12-/m0/s1. The summed E-state index contributed by atoms with van der Waals surface area (Å²) in [6, 6.07) is 8.73. The third kappa shape index (κ3) is 2.93. The minimum Gasteiger partial charge on any atom is -0.410 e. The Labute approximate surface area is 121 Å². The van der Waals surface area contributed by atoms with E-state index < -0.39 is 8.32 Å². The Balaban J connectivity index is 2.30. The van der Waals surface area contributed by atoms with Crippen molar-refractivity contribution in [3.05, 3.63) is 35.2 Å². The van der Waals surface area contributed by atoms with Gasteiger partial charge < -0.3 is 4.43 Å². The van der Waals surface area contributed by atoms with Crippen molar-refractivity contribution in [3.63, 3.8) is 0 Å². The Bertz CT molecular complexity index is 565. The molecule has 0 aliphatic rings. The lowest BCUT2D eigenvalue weighted by Crippen LogP contribution is -2.41. The molecular weight excluding hydrogens is 268 g/mol. The SMILES string of the molecule is C[C@H](O[Si](C)(C)C(C)(C)C)c1cccc2sccc12. The molecule has 0 unspecified atom stereocenters. The smallest absolute Gasteiger partial charge is 0.192 e. The molecule has 3 heteroatoms. The highest BCUT2D eigenvalue weighted by Gasteiger charge is 2.38. The molecule has 0 saturated heterocycles. The van der Waals surface area contributed by atoms with Crippen LogP contribution < -0.4 is 0 Å². The zero-order valence-corrected chi connectivity index (χ0v) is 14.6. The van der Waals surface area contributed by atoms with Crippen molar-refractivity contribution in [1.82, 2.24) is 0 Å². The van der Waals surface area contributed by atoms with E-state index in [0.29, 0.717) is 0 Å². The van der Waals surface area contributed by atoms with Crippen LogP contribution in [-0.2, 0) is 4.43 Å². The fraction of sp³-hybridized carbons (Fsp3) is 0.500. The first kappa shape index (κ1) is 14.8. The third-order valence-electron chi connectivity index (χ3n) is 4.25. The Kier molecular flexibility index (Phi) is 3.91. The fourth-order valence-corrected chi connectivity index (χ4v) is 4.24. The molecule has 0 radical (unpaired) electrons. The predicted molar refractivity (Wildman–Crippen MR) is 88.5 cm³/mol. The van der Waals surface area contributed by atoms with Crippen molar-refractivity contribution in [2.75, 3.05) is 0 Å². The Hall–Kier alpha value is -0.643. The van der Waals surface area contributed by atoms with Gasteiger partial charge in [-0.05, 0) is 53.5 Å². The molecule has 0 saturated carbocycles. The first-order chi connectivity index (χ1) is 8.72. The molecule has 19 heavy (non-hydrogen) atoms. The summed E-state index contributed by atoms with van der Waals surface area (Å²) in [7, 11) is -1.71. The van der Waals surface area contributed by atoms with Gasteiger partial charge in [0, 0.05) is 4.70 Å². The number of hydrogen-bond acceptors (Lipinski definition) is 2. The predicted octanol–water partition coefficient (Wildman–Crippen LogP) is 5.98. The second-order valence-electron chi connectivity index (χ2n) is 6.70. The Morgan fingerprint density at radius 1 is 1.16 bits per heavy atom. The van der Waals surface area contributed by atoms with Crippen LogP contribution in [0.25, 0.3) is 10.1 Å². The molecule has 1 aromatic carbocycles. The molecule has 1 heterocycles. The van der Waals surface area contributed by atoms with Gasteiger partial charge in [-0.15, -0.1) is 11.3 Å². The van der Waals surface area contributed by atoms with Gasteiger partial charge in [0.2, 0.25) is 0 Å². The molecule has 0 bridgehead atoms. The summed E-state index contributed by atoms with van der Waals surface area (Å²) < 4.78 is 7.86. The van der Waals surface area contributed by atoms with Crippen molar-refractivity contribution in [2.24, 2.45) is 0 Å². The van der Waals surface area contributed by atoms with Crippen molar-refractivity contribution >= 4 is 29.7 Å². The fourth-order valence-electron chi connectivity index (χ4n) is 2.05. The van der Waals surface area contributed by atoms with Gasteiger partial charge in [0.15, 0.2) is 8.32 Å². The molecule has 2 rings (SSSR count). The molecule has 0 aliphatic carbocycles. The van der Waals surface area contributed by atoms with E-state index in [9.17, 15) is 0 Å². The zero-order chi connectivity index (χ0) is 14.3. The van der Waals surface area contributed by atoms with Crippen LogP contribution in [0.2, 0.25) is 18.1 Å². The highest BCUT2D eigenvalue weighted by Crippen LogP contribution is 2.40. The number of benzene rings is 1. The van der Waals surface area contributed by atoms with Gasteiger partial charge in [-0.3, -0.25) is 0 Å². The lowest BCUT2D eigenvalue weighted by molar-refractivity contribution is 0.204. The molecule has 2 aromatic rings. The molecule has 0 amide bonds. The van der Waals surface area contributed by atoms with Crippen LogP contribution in [-0.4, -0.2) is 8.32 Å². The van der Waals surface area contributed by atoms with Gasteiger partial charge in [-0.1, -0.05) is 32.9 Å². The normalized spacial score (nSPS) is 14.8. The number of fused-ring (bicyclic) bond motifs is 1. The number of thiophene rings is 1. The number of hydrogen-bond donors (Lipinski definition) is 0. The van der Waals surface area contributed by atoms with E-state index in [1.807, 2.05) is 0 Å². The molecule has 0 fully saturated rings. The highest BCUT2D eigenvalue weighted by molar-refractivity contribution is 7.17. The minimum absolute atomic E-state index is 0.166. The maximum absolute atomic E-state index is 6.51. The second kappa shape index (κ2) is 5.04. The average molecular weight is 293 g/mol. The van der Waals surface area contributed by atoms with E-state index in [0.717, 1.165) is 0 Å². The van der Waals surface area contributed by atoms with Crippen LogP contribution in [0.4, 0.5) is 0 Å². The zero-order valence-electron chi connectivity index (χ0n) is 12.8. The van der Waals surface area contributed by atoms with Gasteiger partial charge in [0.25, 0.3) is 0 Å². The summed E-state index contributed by atoms with van der Waals surface area (Å²) in [5.41, 5.74) is 1.32. The molecule has 1 atom stereocenters. The van der Waals surface area contributed by atoms with E-state index in [2.05, 4.69) is 70.4 Å². The van der Waals surface area contributed by atoms with Gasteiger partial charge in [0.05, 0.1) is 6.10 Å². The van der Waals surface area contributed by atoms with Crippen molar-refractivity contribution in [2.45, 2.75) is 51.9 Å². The summed E-state index contributed by atoms with van der Waals surface area (Å²) in [6.07, 6.45) is 0.166. The van der Waals surface area contributed by atoms with Gasteiger partial charge >= 0.3 is 0 Å². The molecule has 0 aliphatic heterocycles. The molecule has 104 valence electrons. The summed E-state index contributed by atoms with van der Waals surface area (Å²) >= 11 is 1.80. The average Bonchev–Trinajstić information content (AvgIpc) is 2.73. The van der Waals surface area contributed by atoms with E-state index in [4.69, 9.17) is 4.43 Å². The number of rotatable bonds is 3. The summed E-state index contributed by atoms with van der Waals surface area (Å²) in [5, 5.41) is 3.76. The Morgan fingerprint density at radius 3 is 2.47 bits per heavy atom. The van der Waals surface area contributed by atoms with E-state index >= 15 is 0 Å². The van der Waals surface area contributed by atoms with Crippen LogP contribution in [0.1, 0.15) is 39.4 Å². The first-order valence-corrected chi connectivity index (χ1v) is 10.6. The van der Waals surface area contributed by atoms with Crippen LogP contribution in [0.5, 0.6) is 0 Å². The van der Waals surface area contributed by atoms with Gasteiger partial charge in [-0.2, -0.15) is 0 Å². The quantitative estimate of drug-likeness (QED) is 0.632. The summed E-state index contributed by atoms with van der Waals surface area (Å²) in [6.45, 7) is 13.7. The monoisotopic (exact) mass is 292 g/mol. The second-order valence-corrected chi connectivity index (χ2v) is 12.4. The molecule has 0 spiro atoms. The molecule has 1 aromatic heterocycles. The van der Waals surface area contributed by atoms with E-state index in [-0.39, 0.29) is 11.1 Å². The van der Waals surface area contributed by atoms with Crippen molar-refractivity contribution in [1.29, 1.82) is 0 Å².